The Labute approximate surface area is 110 Å². The van der Waals surface area contributed by atoms with Crippen molar-refractivity contribution in [2.24, 2.45) is 7.05 Å². The normalized spacial score (nSPS) is 10.6. The molecule has 0 spiro atoms. The molecule has 2 rings (SSSR count). The van der Waals surface area contributed by atoms with E-state index in [9.17, 15) is 4.79 Å². The number of hydrogen-bond donors (Lipinski definition) is 1. The number of carbonyl (C=O) groups is 1. The maximum absolute atomic E-state index is 12.2. The van der Waals surface area contributed by atoms with Crippen LogP contribution in [-0.2, 0) is 13.5 Å². The number of anilines is 1. The summed E-state index contributed by atoms with van der Waals surface area (Å²) in [6.07, 6.45) is 2.36. The molecule has 0 aliphatic heterocycles. The quantitative estimate of drug-likeness (QED) is 0.907. The van der Waals surface area contributed by atoms with Crippen molar-refractivity contribution in [1.82, 2.24) is 14.7 Å². The van der Waals surface area contributed by atoms with Gasteiger partial charge in [-0.1, -0.05) is 6.07 Å². The second-order valence-electron chi connectivity index (χ2n) is 4.13. The minimum Gasteiger partial charge on any atom is -0.396 e. The van der Waals surface area contributed by atoms with Crippen LogP contribution in [0, 0.1) is 0 Å². The summed E-state index contributed by atoms with van der Waals surface area (Å²) in [6.45, 7) is 0.671. The van der Waals surface area contributed by atoms with Gasteiger partial charge >= 0.3 is 0 Å². The molecule has 0 saturated carbocycles. The SMILES string of the molecule is CN(CCc1cccs1)C(=O)c1c(N)cnn1C. The van der Waals surface area contributed by atoms with Gasteiger partial charge in [0.15, 0.2) is 0 Å². The Morgan fingerprint density at radius 2 is 2.39 bits per heavy atom. The molecule has 6 heteroatoms. The fourth-order valence-electron chi connectivity index (χ4n) is 1.73. The van der Waals surface area contributed by atoms with Gasteiger partial charge in [0, 0.05) is 25.5 Å². The summed E-state index contributed by atoms with van der Waals surface area (Å²) in [7, 11) is 3.50. The van der Waals surface area contributed by atoms with Gasteiger partial charge in [-0.2, -0.15) is 5.10 Å². The molecule has 2 aromatic heterocycles. The molecule has 0 fully saturated rings. The van der Waals surface area contributed by atoms with Gasteiger partial charge in [0.1, 0.15) is 5.69 Å². The number of nitrogen functional groups attached to an aromatic ring is 1. The number of amides is 1. The molecular formula is C12H16N4OS. The topological polar surface area (TPSA) is 64.2 Å². The third kappa shape index (κ3) is 2.53. The fraction of sp³-hybridized carbons (Fsp3) is 0.333. The Hall–Kier alpha value is -1.82. The first-order valence-electron chi connectivity index (χ1n) is 5.65. The van der Waals surface area contributed by atoms with Crippen LogP contribution in [0.1, 0.15) is 15.4 Å². The summed E-state index contributed by atoms with van der Waals surface area (Å²) in [5.41, 5.74) is 6.61. The van der Waals surface area contributed by atoms with Gasteiger partial charge in [-0.3, -0.25) is 9.48 Å². The minimum atomic E-state index is -0.0935. The maximum Gasteiger partial charge on any atom is 0.274 e. The number of hydrogen-bond acceptors (Lipinski definition) is 4. The number of nitrogens with two attached hydrogens (primary N) is 1. The number of likely N-dealkylation sites (N-methyl/N-ethyl adjacent to an activating group) is 1. The molecular weight excluding hydrogens is 248 g/mol. The van der Waals surface area contributed by atoms with E-state index in [1.807, 2.05) is 11.4 Å². The Morgan fingerprint density at radius 1 is 1.61 bits per heavy atom. The second-order valence-corrected chi connectivity index (χ2v) is 5.16. The van der Waals surface area contributed by atoms with Crippen LogP contribution in [0.15, 0.2) is 23.7 Å². The van der Waals surface area contributed by atoms with Crippen LogP contribution < -0.4 is 5.73 Å². The van der Waals surface area contributed by atoms with Crippen molar-refractivity contribution in [1.29, 1.82) is 0 Å². The fourth-order valence-corrected chi connectivity index (χ4v) is 2.43. The smallest absolute Gasteiger partial charge is 0.274 e. The second kappa shape index (κ2) is 5.22. The summed E-state index contributed by atoms with van der Waals surface area (Å²) in [4.78, 5) is 15.1. The van der Waals surface area contributed by atoms with E-state index in [1.165, 1.54) is 15.8 Å². The monoisotopic (exact) mass is 264 g/mol. The highest BCUT2D eigenvalue weighted by Crippen LogP contribution is 2.13. The van der Waals surface area contributed by atoms with Crippen molar-refractivity contribution >= 4 is 22.9 Å². The average molecular weight is 264 g/mol. The molecule has 18 heavy (non-hydrogen) atoms. The molecule has 2 heterocycles. The molecule has 0 saturated heterocycles. The highest BCUT2D eigenvalue weighted by molar-refractivity contribution is 7.09. The first-order valence-corrected chi connectivity index (χ1v) is 6.53. The van der Waals surface area contributed by atoms with Crippen LogP contribution in [0.5, 0.6) is 0 Å². The van der Waals surface area contributed by atoms with E-state index in [1.54, 1.807) is 30.3 Å². The van der Waals surface area contributed by atoms with Gasteiger partial charge in [0.2, 0.25) is 0 Å². The maximum atomic E-state index is 12.2. The van der Waals surface area contributed by atoms with Crippen molar-refractivity contribution < 1.29 is 4.79 Å². The van der Waals surface area contributed by atoms with Crippen LogP contribution >= 0.6 is 11.3 Å². The highest BCUT2D eigenvalue weighted by Gasteiger charge is 2.18. The summed E-state index contributed by atoms with van der Waals surface area (Å²) >= 11 is 1.70. The van der Waals surface area contributed by atoms with E-state index in [0.29, 0.717) is 17.9 Å². The molecule has 0 radical (unpaired) electrons. The van der Waals surface area contributed by atoms with Crippen LogP contribution in [0.4, 0.5) is 5.69 Å². The summed E-state index contributed by atoms with van der Waals surface area (Å²) in [5.74, 6) is -0.0935. The third-order valence-corrected chi connectivity index (χ3v) is 3.73. The lowest BCUT2D eigenvalue weighted by atomic mass is 10.3. The molecule has 1 amide bonds. The zero-order valence-corrected chi connectivity index (χ0v) is 11.3. The van der Waals surface area contributed by atoms with Gasteiger partial charge in [-0.05, 0) is 17.9 Å². The summed E-state index contributed by atoms with van der Waals surface area (Å²) in [6, 6.07) is 4.09. The molecule has 2 aromatic rings. The zero-order chi connectivity index (χ0) is 13.1. The third-order valence-electron chi connectivity index (χ3n) is 2.79. The van der Waals surface area contributed by atoms with E-state index < -0.39 is 0 Å². The largest absolute Gasteiger partial charge is 0.396 e. The van der Waals surface area contributed by atoms with Crippen LogP contribution in [0.2, 0.25) is 0 Å². The van der Waals surface area contributed by atoms with E-state index in [2.05, 4.69) is 11.2 Å². The van der Waals surface area contributed by atoms with Crippen molar-refractivity contribution in [2.75, 3.05) is 19.3 Å². The Morgan fingerprint density at radius 3 is 2.94 bits per heavy atom. The van der Waals surface area contributed by atoms with Crippen LogP contribution in [0.25, 0.3) is 0 Å². The molecule has 0 bridgehead atoms. The van der Waals surface area contributed by atoms with Crippen LogP contribution in [0.3, 0.4) is 0 Å². The standard InChI is InChI=1S/C12H16N4OS/c1-15(6-5-9-4-3-7-18-9)12(17)11-10(13)8-14-16(11)2/h3-4,7-8H,5-6,13H2,1-2H3. The minimum absolute atomic E-state index is 0.0935. The lowest BCUT2D eigenvalue weighted by Crippen LogP contribution is -2.30. The molecule has 0 unspecified atom stereocenters. The number of thiophene rings is 1. The molecule has 96 valence electrons. The lowest BCUT2D eigenvalue weighted by Gasteiger charge is -2.17. The Kier molecular flexibility index (Phi) is 3.66. The van der Waals surface area contributed by atoms with Gasteiger partial charge < -0.3 is 10.6 Å². The first-order chi connectivity index (χ1) is 8.59. The molecule has 5 nitrogen and oxygen atoms in total. The van der Waals surface area contributed by atoms with Crippen molar-refractivity contribution in [3.63, 3.8) is 0 Å². The van der Waals surface area contributed by atoms with E-state index in [-0.39, 0.29) is 5.91 Å². The summed E-state index contributed by atoms with van der Waals surface area (Å²) < 4.78 is 1.51. The number of rotatable bonds is 4. The molecule has 2 N–H and O–H groups in total. The molecule has 0 aromatic carbocycles. The number of carbonyl (C=O) groups excluding carboxylic acids is 1. The average Bonchev–Trinajstić information content (AvgIpc) is 2.96. The zero-order valence-electron chi connectivity index (χ0n) is 10.5. The number of aryl methyl sites for hydroxylation is 1. The molecule has 0 aliphatic rings. The predicted molar refractivity (Wildman–Crippen MR) is 72.6 cm³/mol. The molecule has 0 aliphatic carbocycles. The number of aromatic nitrogens is 2. The lowest BCUT2D eigenvalue weighted by molar-refractivity contribution is 0.0787. The Bertz CT molecular complexity index is 513. The van der Waals surface area contributed by atoms with Gasteiger partial charge in [-0.25, -0.2) is 0 Å². The van der Waals surface area contributed by atoms with E-state index >= 15 is 0 Å². The Balaban J connectivity index is 2.01. The van der Waals surface area contributed by atoms with Crippen molar-refractivity contribution in [2.45, 2.75) is 6.42 Å². The molecule has 0 atom stereocenters. The van der Waals surface area contributed by atoms with E-state index in [0.717, 1.165) is 6.42 Å². The number of nitrogens with zero attached hydrogens (tertiary/aromatic N) is 3. The van der Waals surface area contributed by atoms with Crippen molar-refractivity contribution in [3.8, 4) is 0 Å². The van der Waals surface area contributed by atoms with Gasteiger partial charge in [-0.15, -0.1) is 11.3 Å². The van der Waals surface area contributed by atoms with E-state index in [4.69, 9.17) is 5.73 Å². The first kappa shape index (κ1) is 12.6. The van der Waals surface area contributed by atoms with Gasteiger partial charge in [0.25, 0.3) is 5.91 Å². The van der Waals surface area contributed by atoms with Crippen molar-refractivity contribution in [3.05, 3.63) is 34.3 Å². The van der Waals surface area contributed by atoms with Crippen LogP contribution in [-0.4, -0.2) is 34.2 Å². The predicted octanol–water partition coefficient (Wildman–Crippen LogP) is 1.38. The van der Waals surface area contributed by atoms with Gasteiger partial charge in [0.05, 0.1) is 11.9 Å². The summed E-state index contributed by atoms with van der Waals surface area (Å²) in [5, 5.41) is 6.01. The highest BCUT2D eigenvalue weighted by atomic mass is 32.1.